The van der Waals surface area contributed by atoms with Crippen LogP contribution in [0.4, 0.5) is 0 Å². The second-order valence-electron chi connectivity index (χ2n) is 5.70. The van der Waals surface area contributed by atoms with Gasteiger partial charge in [0.25, 0.3) is 0 Å². The molecule has 0 saturated carbocycles. The molecule has 0 unspecified atom stereocenters. The average Bonchev–Trinajstić information content (AvgIpc) is 3.13. The summed E-state index contributed by atoms with van der Waals surface area (Å²) >= 11 is 0.942. The van der Waals surface area contributed by atoms with E-state index in [9.17, 15) is 13.2 Å². The van der Waals surface area contributed by atoms with Gasteiger partial charge in [0.2, 0.25) is 16.5 Å². The van der Waals surface area contributed by atoms with Crippen LogP contribution in [-0.4, -0.2) is 51.6 Å². The van der Waals surface area contributed by atoms with Crippen LogP contribution in [0.15, 0.2) is 15.5 Å². The number of aryl methyl sites for hydroxylation is 3. The first kappa shape index (κ1) is 19.9. The first-order chi connectivity index (χ1) is 13.2. The van der Waals surface area contributed by atoms with E-state index in [1.54, 1.807) is 19.9 Å². The number of sulfonamides is 1. The molecule has 3 heterocycles. The minimum absolute atomic E-state index is 0.0648. The molecule has 0 aromatic carbocycles. The van der Waals surface area contributed by atoms with Gasteiger partial charge in [0.1, 0.15) is 5.56 Å². The van der Waals surface area contributed by atoms with E-state index in [1.807, 2.05) is 0 Å². The lowest BCUT2D eigenvalue weighted by atomic mass is 10.3. The number of carbonyl (C=O) groups is 1. The molecule has 0 aliphatic rings. The molecule has 0 saturated heterocycles. The van der Waals surface area contributed by atoms with E-state index >= 15 is 0 Å². The normalized spacial score (nSPS) is 12.5. The average molecular weight is 426 g/mol. The van der Waals surface area contributed by atoms with Crippen molar-refractivity contribution >= 4 is 33.3 Å². The monoisotopic (exact) mass is 426 g/mol. The number of hydrogen-bond acceptors (Lipinski definition) is 9. The predicted octanol–water partition coefficient (Wildman–Crippen LogP) is 0.616. The highest BCUT2D eigenvalue weighted by molar-refractivity contribution is 7.90. The summed E-state index contributed by atoms with van der Waals surface area (Å²) in [6.07, 6.45) is 0. The van der Waals surface area contributed by atoms with Gasteiger partial charge < -0.3 is 9.47 Å². The van der Waals surface area contributed by atoms with Gasteiger partial charge in [-0.15, -0.1) is 4.40 Å². The summed E-state index contributed by atoms with van der Waals surface area (Å²) < 4.78 is 42.5. The molecule has 0 amide bonds. The van der Waals surface area contributed by atoms with Crippen LogP contribution in [0.5, 0.6) is 5.88 Å². The molecule has 0 spiro atoms. The number of esters is 1. The van der Waals surface area contributed by atoms with E-state index in [-0.39, 0.29) is 33.5 Å². The van der Waals surface area contributed by atoms with E-state index in [1.165, 1.54) is 24.9 Å². The fourth-order valence-electron chi connectivity index (χ4n) is 2.61. The van der Waals surface area contributed by atoms with Crippen LogP contribution in [0, 0.1) is 13.8 Å². The van der Waals surface area contributed by atoms with Crippen LogP contribution in [0.25, 0.3) is 5.78 Å². The van der Waals surface area contributed by atoms with E-state index in [4.69, 9.17) is 9.47 Å². The van der Waals surface area contributed by atoms with Gasteiger partial charge in [0.05, 0.1) is 19.4 Å². The fourth-order valence-corrected chi connectivity index (χ4v) is 4.90. The van der Waals surface area contributed by atoms with Gasteiger partial charge in [0.15, 0.2) is 5.03 Å². The Labute approximate surface area is 164 Å². The zero-order valence-corrected chi connectivity index (χ0v) is 17.5. The lowest BCUT2D eigenvalue weighted by Gasteiger charge is -2.03. The number of carbonyl (C=O) groups excluding carboxylic acids is 1. The highest BCUT2D eigenvalue weighted by atomic mass is 32.2. The Hall–Kier alpha value is -2.80. The molecule has 0 radical (unpaired) electrons. The van der Waals surface area contributed by atoms with Crippen molar-refractivity contribution in [3.05, 3.63) is 27.8 Å². The Morgan fingerprint density at radius 2 is 2.04 bits per heavy atom. The van der Waals surface area contributed by atoms with Gasteiger partial charge in [-0.2, -0.15) is 22.3 Å². The maximum Gasteiger partial charge on any atom is 0.343 e. The first-order valence-corrected chi connectivity index (χ1v) is 10.3. The summed E-state index contributed by atoms with van der Waals surface area (Å²) in [5.74, 6) is -0.0791. The number of fused-ring (bicyclic) bond motifs is 1. The molecule has 28 heavy (non-hydrogen) atoms. The van der Waals surface area contributed by atoms with Gasteiger partial charge in [-0.3, -0.25) is 4.68 Å². The van der Waals surface area contributed by atoms with E-state index in [0.29, 0.717) is 11.6 Å². The van der Waals surface area contributed by atoms with E-state index in [0.717, 1.165) is 16.2 Å². The molecule has 3 aromatic heterocycles. The third kappa shape index (κ3) is 3.49. The molecule has 3 rings (SSSR count). The molecule has 3 aromatic rings. The number of methoxy groups -OCH3 is 1. The molecule has 0 bridgehead atoms. The minimum Gasteiger partial charge on any atom is -0.481 e. The van der Waals surface area contributed by atoms with Crippen molar-refractivity contribution in [2.75, 3.05) is 13.7 Å². The largest absolute Gasteiger partial charge is 0.481 e. The van der Waals surface area contributed by atoms with Gasteiger partial charge in [-0.1, -0.05) is 0 Å². The van der Waals surface area contributed by atoms with Gasteiger partial charge in [-0.05, 0) is 32.3 Å². The summed E-state index contributed by atoms with van der Waals surface area (Å²) in [4.78, 5) is 20.5. The lowest BCUT2D eigenvalue weighted by Crippen LogP contribution is -2.15. The number of ether oxygens (including phenoxy) is 2. The quantitative estimate of drug-likeness (QED) is 0.543. The topological polar surface area (TPSA) is 130 Å². The molecule has 0 aliphatic carbocycles. The lowest BCUT2D eigenvalue weighted by molar-refractivity contribution is 0.0520. The van der Waals surface area contributed by atoms with Crippen molar-refractivity contribution in [3.8, 4) is 5.88 Å². The van der Waals surface area contributed by atoms with E-state index < -0.39 is 16.0 Å². The van der Waals surface area contributed by atoms with Gasteiger partial charge in [0, 0.05) is 18.8 Å². The van der Waals surface area contributed by atoms with Crippen molar-refractivity contribution < 1.29 is 22.7 Å². The van der Waals surface area contributed by atoms with Crippen LogP contribution < -0.4 is 9.54 Å². The number of rotatable bonds is 5. The minimum atomic E-state index is -4.30. The maximum atomic E-state index is 12.9. The van der Waals surface area contributed by atoms with Crippen LogP contribution >= 0.6 is 11.5 Å². The first-order valence-electron chi connectivity index (χ1n) is 8.11. The van der Waals surface area contributed by atoms with Crippen molar-refractivity contribution in [1.82, 2.24) is 23.5 Å². The zero-order valence-electron chi connectivity index (χ0n) is 15.8. The van der Waals surface area contributed by atoms with Crippen LogP contribution in [0.1, 0.15) is 28.7 Å². The highest BCUT2D eigenvalue weighted by Crippen LogP contribution is 2.22. The molecular weight excluding hydrogens is 408 g/mol. The summed E-state index contributed by atoms with van der Waals surface area (Å²) in [6.45, 7) is 5.02. The molecule has 0 fully saturated rings. The molecule has 13 heteroatoms. The van der Waals surface area contributed by atoms with Gasteiger partial charge in [-0.25, -0.2) is 9.78 Å². The molecule has 11 nitrogen and oxygen atoms in total. The number of aromatic nitrogens is 5. The van der Waals surface area contributed by atoms with E-state index in [2.05, 4.69) is 19.5 Å². The maximum absolute atomic E-state index is 12.9. The van der Waals surface area contributed by atoms with Crippen LogP contribution in [0.3, 0.4) is 0 Å². The Bertz CT molecular complexity index is 1240. The predicted molar refractivity (Wildman–Crippen MR) is 98.8 cm³/mol. The Balaban J connectivity index is 2.20. The fraction of sp³-hybridized carbons (Fsp3) is 0.400. The van der Waals surface area contributed by atoms with Crippen molar-refractivity contribution in [2.45, 2.75) is 25.8 Å². The number of hydrogen-bond donors (Lipinski definition) is 0. The summed E-state index contributed by atoms with van der Waals surface area (Å²) in [7, 11) is -1.40. The Morgan fingerprint density at radius 3 is 2.68 bits per heavy atom. The summed E-state index contributed by atoms with van der Waals surface area (Å²) in [5, 5.41) is 3.67. The Morgan fingerprint density at radius 1 is 1.32 bits per heavy atom. The molecule has 0 N–H and O–H groups in total. The zero-order chi connectivity index (χ0) is 20.6. The molecule has 150 valence electrons. The van der Waals surface area contributed by atoms with Crippen molar-refractivity contribution in [3.63, 3.8) is 0 Å². The number of nitrogens with zero attached hydrogens (tertiary/aromatic N) is 6. The summed E-state index contributed by atoms with van der Waals surface area (Å²) in [5.41, 5.74) is 0.740. The summed E-state index contributed by atoms with van der Waals surface area (Å²) in [6, 6.07) is 1.69. The highest BCUT2D eigenvalue weighted by Gasteiger charge is 2.31. The molecule has 0 atom stereocenters. The van der Waals surface area contributed by atoms with Crippen molar-refractivity contribution in [1.29, 1.82) is 0 Å². The molecular formula is C15H18N6O5S2. The molecule has 0 aliphatic heterocycles. The smallest absolute Gasteiger partial charge is 0.343 e. The standard InChI is InChI=1S/C15H18N6O5S2/c1-6-26-13(22)11-9(3)18-20(4)12(11)28(23,24)19-15-17-14-16-8(2)7-10(25-5)21(14)27-15/h7H,6H2,1-5H3/b19-15+. The van der Waals surface area contributed by atoms with Gasteiger partial charge >= 0.3 is 16.0 Å². The third-order valence-corrected chi connectivity index (χ3v) is 6.02. The third-order valence-electron chi connectivity index (χ3n) is 3.66. The SMILES string of the molecule is CCOC(=O)c1c(C)nn(C)c1S(=O)(=O)/N=c1\nc2nc(C)cc(OC)n2s1. The second-order valence-corrected chi connectivity index (χ2v) is 8.13. The second kappa shape index (κ2) is 7.31. The van der Waals surface area contributed by atoms with Crippen LogP contribution in [-0.2, 0) is 21.8 Å². The van der Waals surface area contributed by atoms with Crippen molar-refractivity contribution in [2.24, 2.45) is 11.4 Å². The van der Waals surface area contributed by atoms with Crippen LogP contribution in [0.2, 0.25) is 0 Å². The Kier molecular flexibility index (Phi) is 5.21.